The maximum atomic E-state index is 8.85. The highest BCUT2D eigenvalue weighted by Gasteiger charge is 2.06. The van der Waals surface area contributed by atoms with Gasteiger partial charge in [-0.1, -0.05) is 26.0 Å². The number of aliphatic imine (C=N–C) groups is 1. The zero-order valence-electron chi connectivity index (χ0n) is 16.6. The van der Waals surface area contributed by atoms with Crippen molar-refractivity contribution < 1.29 is 0 Å². The minimum absolute atomic E-state index is 0. The molecule has 0 spiro atoms. The fourth-order valence-corrected chi connectivity index (χ4v) is 2.64. The second-order valence-electron chi connectivity index (χ2n) is 6.22. The summed E-state index contributed by atoms with van der Waals surface area (Å²) in [6.07, 6.45) is 2.31. The molecule has 0 saturated heterocycles. The van der Waals surface area contributed by atoms with Crippen LogP contribution in [-0.2, 0) is 6.54 Å². The summed E-state index contributed by atoms with van der Waals surface area (Å²) in [6.45, 7) is 13.5. The lowest BCUT2D eigenvalue weighted by molar-refractivity contribution is 0.292. The van der Waals surface area contributed by atoms with Gasteiger partial charge in [-0.15, -0.1) is 24.0 Å². The SMILES string of the molecule is CCNC(=NCc1ccc(C#N)cc1)NC(C)CCCN(CC)CC.I. The van der Waals surface area contributed by atoms with Gasteiger partial charge in [-0.25, -0.2) is 4.99 Å². The fourth-order valence-electron chi connectivity index (χ4n) is 2.64. The number of benzene rings is 1. The Labute approximate surface area is 176 Å². The standard InChI is InChI=1S/C20H33N5.HI/c1-5-22-20(23-16-19-12-10-18(15-21)11-13-19)24-17(4)9-8-14-25(6-2)7-3;/h10-13,17H,5-9,14,16H2,1-4H3,(H2,22,23,24);1H. The van der Waals surface area contributed by atoms with E-state index in [0.29, 0.717) is 18.2 Å². The lowest BCUT2D eigenvalue weighted by Crippen LogP contribution is -2.42. The summed E-state index contributed by atoms with van der Waals surface area (Å²) in [6, 6.07) is 10.1. The molecule has 1 unspecified atom stereocenters. The zero-order chi connectivity index (χ0) is 18.5. The van der Waals surface area contributed by atoms with Crippen molar-refractivity contribution in [2.24, 2.45) is 4.99 Å². The van der Waals surface area contributed by atoms with E-state index in [2.05, 4.69) is 54.3 Å². The van der Waals surface area contributed by atoms with E-state index in [-0.39, 0.29) is 24.0 Å². The van der Waals surface area contributed by atoms with Crippen LogP contribution in [0.2, 0.25) is 0 Å². The molecular weight excluding hydrogens is 437 g/mol. The highest BCUT2D eigenvalue weighted by Crippen LogP contribution is 2.05. The Kier molecular flexibility index (Phi) is 14.0. The molecule has 26 heavy (non-hydrogen) atoms. The van der Waals surface area contributed by atoms with Gasteiger partial charge >= 0.3 is 0 Å². The van der Waals surface area contributed by atoms with Gasteiger partial charge in [0.1, 0.15) is 0 Å². The zero-order valence-corrected chi connectivity index (χ0v) is 18.9. The number of hydrogen-bond acceptors (Lipinski definition) is 3. The third kappa shape index (κ3) is 9.97. The van der Waals surface area contributed by atoms with Crippen molar-refractivity contribution in [1.29, 1.82) is 5.26 Å². The minimum Gasteiger partial charge on any atom is -0.357 e. The van der Waals surface area contributed by atoms with Crippen molar-refractivity contribution in [1.82, 2.24) is 15.5 Å². The van der Waals surface area contributed by atoms with E-state index in [1.807, 2.05) is 24.3 Å². The van der Waals surface area contributed by atoms with Crippen LogP contribution in [0.4, 0.5) is 0 Å². The average Bonchev–Trinajstić information content (AvgIpc) is 2.64. The molecule has 1 atom stereocenters. The lowest BCUT2D eigenvalue weighted by Gasteiger charge is -2.21. The van der Waals surface area contributed by atoms with Gasteiger partial charge in [0.05, 0.1) is 18.2 Å². The van der Waals surface area contributed by atoms with E-state index in [4.69, 9.17) is 5.26 Å². The average molecular weight is 471 g/mol. The molecule has 0 radical (unpaired) electrons. The molecule has 1 aromatic carbocycles. The Bertz CT molecular complexity index is 546. The monoisotopic (exact) mass is 471 g/mol. The molecule has 0 fully saturated rings. The van der Waals surface area contributed by atoms with Gasteiger partial charge in [-0.2, -0.15) is 5.26 Å². The van der Waals surface area contributed by atoms with Crippen LogP contribution in [-0.4, -0.2) is 43.1 Å². The van der Waals surface area contributed by atoms with E-state index in [1.54, 1.807) is 0 Å². The number of nitrogens with zero attached hydrogens (tertiary/aromatic N) is 3. The summed E-state index contributed by atoms with van der Waals surface area (Å²) in [5.41, 5.74) is 1.78. The molecule has 6 heteroatoms. The molecule has 1 aromatic rings. The van der Waals surface area contributed by atoms with Gasteiger partial charge in [-0.05, 0) is 64.0 Å². The molecule has 0 heterocycles. The molecule has 0 aliphatic rings. The normalized spacial score (nSPS) is 12.2. The minimum atomic E-state index is 0. The molecule has 5 nitrogen and oxygen atoms in total. The number of guanidine groups is 1. The van der Waals surface area contributed by atoms with Crippen LogP contribution in [0, 0.1) is 11.3 Å². The summed E-state index contributed by atoms with van der Waals surface area (Å²) in [7, 11) is 0. The summed E-state index contributed by atoms with van der Waals surface area (Å²) >= 11 is 0. The largest absolute Gasteiger partial charge is 0.357 e. The van der Waals surface area contributed by atoms with E-state index in [1.165, 1.54) is 6.42 Å². The van der Waals surface area contributed by atoms with E-state index < -0.39 is 0 Å². The summed E-state index contributed by atoms with van der Waals surface area (Å²) in [5.74, 6) is 0.849. The molecule has 146 valence electrons. The number of hydrogen-bond donors (Lipinski definition) is 2. The third-order valence-electron chi connectivity index (χ3n) is 4.24. The van der Waals surface area contributed by atoms with Gasteiger partial charge in [0, 0.05) is 12.6 Å². The fraction of sp³-hybridized carbons (Fsp3) is 0.600. The first kappa shape index (κ1) is 24.7. The van der Waals surface area contributed by atoms with Crippen molar-refractivity contribution in [2.45, 2.75) is 53.1 Å². The molecule has 0 aliphatic carbocycles. The van der Waals surface area contributed by atoms with Crippen molar-refractivity contribution in [3.8, 4) is 6.07 Å². The van der Waals surface area contributed by atoms with Crippen LogP contribution >= 0.6 is 24.0 Å². The number of nitriles is 1. The third-order valence-corrected chi connectivity index (χ3v) is 4.24. The van der Waals surface area contributed by atoms with E-state index >= 15 is 0 Å². The molecule has 2 N–H and O–H groups in total. The highest BCUT2D eigenvalue weighted by atomic mass is 127. The Morgan fingerprint density at radius 2 is 1.85 bits per heavy atom. The van der Waals surface area contributed by atoms with Crippen LogP contribution in [0.3, 0.4) is 0 Å². The van der Waals surface area contributed by atoms with E-state index in [0.717, 1.165) is 44.1 Å². The van der Waals surface area contributed by atoms with Crippen LogP contribution in [0.1, 0.15) is 51.7 Å². The Morgan fingerprint density at radius 3 is 2.38 bits per heavy atom. The molecule has 0 aromatic heterocycles. The quantitative estimate of drug-likeness (QED) is 0.310. The summed E-state index contributed by atoms with van der Waals surface area (Å²) in [5, 5.41) is 15.6. The van der Waals surface area contributed by atoms with Gasteiger partial charge in [-0.3, -0.25) is 0 Å². The van der Waals surface area contributed by atoms with E-state index in [9.17, 15) is 0 Å². The molecule has 0 saturated carbocycles. The maximum Gasteiger partial charge on any atom is 0.191 e. The van der Waals surface area contributed by atoms with Gasteiger partial charge in [0.15, 0.2) is 5.96 Å². The second-order valence-corrected chi connectivity index (χ2v) is 6.22. The summed E-state index contributed by atoms with van der Waals surface area (Å²) < 4.78 is 0. The van der Waals surface area contributed by atoms with Gasteiger partial charge < -0.3 is 15.5 Å². The number of nitrogens with one attached hydrogen (secondary N) is 2. The van der Waals surface area contributed by atoms with Crippen LogP contribution in [0.25, 0.3) is 0 Å². The molecule has 0 bridgehead atoms. The summed E-state index contributed by atoms with van der Waals surface area (Å²) in [4.78, 5) is 7.11. The highest BCUT2D eigenvalue weighted by molar-refractivity contribution is 14.0. The predicted molar refractivity (Wildman–Crippen MR) is 121 cm³/mol. The van der Waals surface area contributed by atoms with Gasteiger partial charge in [0.2, 0.25) is 0 Å². The molecular formula is C20H34IN5. The first-order chi connectivity index (χ1) is 12.1. The van der Waals surface area contributed by atoms with Crippen molar-refractivity contribution >= 4 is 29.9 Å². The smallest absolute Gasteiger partial charge is 0.191 e. The van der Waals surface area contributed by atoms with Crippen molar-refractivity contribution in [3.63, 3.8) is 0 Å². The Hall–Kier alpha value is -1.33. The molecule has 0 amide bonds. The Balaban J connectivity index is 0.00000625. The lowest BCUT2D eigenvalue weighted by atomic mass is 10.1. The van der Waals surface area contributed by atoms with Crippen LogP contribution in [0.15, 0.2) is 29.3 Å². The van der Waals surface area contributed by atoms with Crippen LogP contribution in [0.5, 0.6) is 0 Å². The van der Waals surface area contributed by atoms with Crippen molar-refractivity contribution in [2.75, 3.05) is 26.2 Å². The topological polar surface area (TPSA) is 63.5 Å². The predicted octanol–water partition coefficient (Wildman–Crippen LogP) is 3.74. The molecule has 0 aliphatic heterocycles. The first-order valence-electron chi connectivity index (χ1n) is 9.39. The van der Waals surface area contributed by atoms with Gasteiger partial charge in [0.25, 0.3) is 0 Å². The number of halogens is 1. The number of rotatable bonds is 10. The maximum absolute atomic E-state index is 8.85. The van der Waals surface area contributed by atoms with Crippen LogP contribution < -0.4 is 10.6 Å². The second kappa shape index (κ2) is 14.8. The molecule has 1 rings (SSSR count). The van der Waals surface area contributed by atoms with Crippen molar-refractivity contribution in [3.05, 3.63) is 35.4 Å². The first-order valence-corrected chi connectivity index (χ1v) is 9.39. The Morgan fingerprint density at radius 1 is 1.19 bits per heavy atom.